The first-order valence-electron chi connectivity index (χ1n) is 9.56. The summed E-state index contributed by atoms with van der Waals surface area (Å²) in [7, 11) is 0. The van der Waals surface area contributed by atoms with Crippen LogP contribution in [0.3, 0.4) is 0 Å². The standard InChI is InChI=1S/C21H21N3O4/c25-16-5-8-24(9-6-16)21-23-17-12-15(2-4-19(17)28-21)22-20(26)14-1-3-18-13(11-14)7-10-27-18/h1-4,11-12,16,25H,5-10H2,(H,22,26). The van der Waals surface area contributed by atoms with Gasteiger partial charge in [-0.2, -0.15) is 4.98 Å². The summed E-state index contributed by atoms with van der Waals surface area (Å²) < 4.78 is 11.3. The van der Waals surface area contributed by atoms with Gasteiger partial charge >= 0.3 is 0 Å². The molecule has 5 rings (SSSR count). The van der Waals surface area contributed by atoms with E-state index < -0.39 is 0 Å². The summed E-state index contributed by atoms with van der Waals surface area (Å²) in [5.41, 5.74) is 3.71. The van der Waals surface area contributed by atoms with E-state index in [9.17, 15) is 9.90 Å². The third kappa shape index (κ3) is 3.18. The minimum atomic E-state index is -0.242. The molecule has 2 aliphatic heterocycles. The zero-order valence-electron chi connectivity index (χ0n) is 15.4. The molecule has 2 aromatic carbocycles. The summed E-state index contributed by atoms with van der Waals surface area (Å²) in [5, 5.41) is 12.6. The number of hydrogen-bond acceptors (Lipinski definition) is 6. The number of piperidine rings is 1. The Morgan fingerprint density at radius 1 is 1.18 bits per heavy atom. The Labute approximate surface area is 161 Å². The summed E-state index contributed by atoms with van der Waals surface area (Å²) >= 11 is 0. The molecule has 2 aliphatic rings. The number of aliphatic hydroxyl groups excluding tert-OH is 1. The van der Waals surface area contributed by atoms with Crippen LogP contribution < -0.4 is 15.0 Å². The van der Waals surface area contributed by atoms with Gasteiger partial charge in [-0.1, -0.05) is 0 Å². The number of oxazole rings is 1. The highest BCUT2D eigenvalue weighted by molar-refractivity contribution is 6.05. The van der Waals surface area contributed by atoms with E-state index in [0.29, 0.717) is 47.8 Å². The maximum absolute atomic E-state index is 12.6. The molecule has 0 unspecified atom stereocenters. The molecule has 1 saturated heterocycles. The molecule has 144 valence electrons. The van der Waals surface area contributed by atoms with Gasteiger partial charge < -0.3 is 24.5 Å². The Kier molecular flexibility index (Phi) is 4.16. The number of ether oxygens (including phenoxy) is 1. The fraction of sp³-hybridized carbons (Fsp3) is 0.333. The summed E-state index contributed by atoms with van der Waals surface area (Å²) in [6.45, 7) is 2.11. The quantitative estimate of drug-likeness (QED) is 0.727. The van der Waals surface area contributed by atoms with Gasteiger partial charge in [-0.3, -0.25) is 4.79 Å². The monoisotopic (exact) mass is 379 g/mol. The van der Waals surface area contributed by atoms with Gasteiger partial charge in [0, 0.05) is 30.8 Å². The topological polar surface area (TPSA) is 87.8 Å². The third-order valence-corrected chi connectivity index (χ3v) is 5.32. The molecule has 2 N–H and O–H groups in total. The molecule has 0 saturated carbocycles. The van der Waals surface area contributed by atoms with E-state index in [-0.39, 0.29) is 12.0 Å². The van der Waals surface area contributed by atoms with Gasteiger partial charge in [-0.05, 0) is 54.8 Å². The minimum Gasteiger partial charge on any atom is -0.493 e. The number of nitrogens with one attached hydrogen (secondary N) is 1. The maximum atomic E-state index is 12.6. The van der Waals surface area contributed by atoms with Crippen molar-refractivity contribution in [2.24, 2.45) is 0 Å². The summed E-state index contributed by atoms with van der Waals surface area (Å²) in [4.78, 5) is 19.2. The van der Waals surface area contributed by atoms with Gasteiger partial charge in [0.25, 0.3) is 11.9 Å². The molecule has 0 aliphatic carbocycles. The number of carbonyl (C=O) groups is 1. The Hall–Kier alpha value is -3.06. The zero-order chi connectivity index (χ0) is 19.1. The second kappa shape index (κ2) is 6.83. The van der Waals surface area contributed by atoms with Crippen molar-refractivity contribution < 1.29 is 19.1 Å². The summed E-state index contributed by atoms with van der Waals surface area (Å²) in [5.74, 6) is 0.695. The SMILES string of the molecule is O=C(Nc1ccc2oc(N3CCC(O)CC3)nc2c1)c1ccc2c(c1)CCO2. The number of aromatic nitrogens is 1. The van der Waals surface area contributed by atoms with Crippen LogP contribution in [-0.4, -0.2) is 41.8 Å². The number of nitrogens with zero attached hydrogens (tertiary/aromatic N) is 2. The summed E-state index contributed by atoms with van der Waals surface area (Å²) in [6.07, 6.45) is 2.02. The van der Waals surface area contributed by atoms with Crippen LogP contribution in [0.4, 0.5) is 11.7 Å². The van der Waals surface area contributed by atoms with Crippen molar-refractivity contribution in [3.8, 4) is 5.75 Å². The van der Waals surface area contributed by atoms with Gasteiger partial charge in [0.2, 0.25) is 0 Å². The molecule has 3 aromatic rings. The van der Waals surface area contributed by atoms with E-state index in [1.54, 1.807) is 6.07 Å². The van der Waals surface area contributed by atoms with Gasteiger partial charge in [0.1, 0.15) is 11.3 Å². The summed E-state index contributed by atoms with van der Waals surface area (Å²) in [6, 6.07) is 11.5. The number of anilines is 2. The van der Waals surface area contributed by atoms with E-state index in [2.05, 4.69) is 10.3 Å². The molecule has 28 heavy (non-hydrogen) atoms. The number of hydrogen-bond donors (Lipinski definition) is 2. The molecule has 1 amide bonds. The van der Waals surface area contributed by atoms with Crippen molar-refractivity contribution in [3.05, 3.63) is 47.5 Å². The smallest absolute Gasteiger partial charge is 0.298 e. The van der Waals surface area contributed by atoms with E-state index in [1.165, 1.54) is 0 Å². The number of carbonyl (C=O) groups excluding carboxylic acids is 1. The van der Waals surface area contributed by atoms with E-state index in [4.69, 9.17) is 9.15 Å². The van der Waals surface area contributed by atoms with Gasteiger partial charge in [0.15, 0.2) is 5.58 Å². The molecule has 1 fully saturated rings. The zero-order valence-corrected chi connectivity index (χ0v) is 15.4. The number of aliphatic hydroxyl groups is 1. The fourth-order valence-electron chi connectivity index (χ4n) is 3.72. The second-order valence-electron chi connectivity index (χ2n) is 7.27. The van der Waals surface area contributed by atoms with Crippen molar-refractivity contribution in [2.75, 3.05) is 29.9 Å². The minimum absolute atomic E-state index is 0.164. The molecule has 0 bridgehead atoms. The van der Waals surface area contributed by atoms with Gasteiger partial charge in [0.05, 0.1) is 12.7 Å². The van der Waals surface area contributed by atoms with E-state index in [0.717, 1.165) is 30.8 Å². The number of amides is 1. The first kappa shape index (κ1) is 17.1. The maximum Gasteiger partial charge on any atom is 0.298 e. The molecular formula is C21H21N3O4. The molecule has 7 heteroatoms. The van der Waals surface area contributed by atoms with Crippen LogP contribution in [-0.2, 0) is 6.42 Å². The lowest BCUT2D eigenvalue weighted by Gasteiger charge is -2.27. The first-order valence-corrected chi connectivity index (χ1v) is 9.56. The number of benzene rings is 2. The van der Waals surface area contributed by atoms with Crippen LogP contribution >= 0.6 is 0 Å². The highest BCUT2D eigenvalue weighted by Gasteiger charge is 2.21. The average molecular weight is 379 g/mol. The van der Waals surface area contributed by atoms with Crippen molar-refractivity contribution >= 4 is 28.7 Å². The van der Waals surface area contributed by atoms with E-state index >= 15 is 0 Å². The fourth-order valence-corrected chi connectivity index (χ4v) is 3.72. The first-order chi connectivity index (χ1) is 13.7. The molecule has 7 nitrogen and oxygen atoms in total. The van der Waals surface area contributed by atoms with Crippen LogP contribution in [0.25, 0.3) is 11.1 Å². The van der Waals surface area contributed by atoms with Crippen LogP contribution in [0.15, 0.2) is 40.8 Å². The lowest BCUT2D eigenvalue weighted by Crippen LogP contribution is -2.35. The Bertz CT molecular complexity index is 1040. The van der Waals surface area contributed by atoms with Crippen LogP contribution in [0.5, 0.6) is 5.75 Å². The molecule has 0 atom stereocenters. The normalized spacial score (nSPS) is 16.8. The molecule has 1 aromatic heterocycles. The van der Waals surface area contributed by atoms with E-state index in [1.807, 2.05) is 35.2 Å². The second-order valence-corrected chi connectivity index (χ2v) is 7.27. The number of rotatable bonds is 3. The lowest BCUT2D eigenvalue weighted by molar-refractivity contribution is 0.102. The Morgan fingerprint density at radius 3 is 2.89 bits per heavy atom. The van der Waals surface area contributed by atoms with Crippen molar-refractivity contribution in [1.29, 1.82) is 0 Å². The number of fused-ring (bicyclic) bond motifs is 2. The highest BCUT2D eigenvalue weighted by atomic mass is 16.5. The third-order valence-electron chi connectivity index (χ3n) is 5.32. The molecule has 3 heterocycles. The highest BCUT2D eigenvalue weighted by Crippen LogP contribution is 2.28. The van der Waals surface area contributed by atoms with Gasteiger partial charge in [-0.25, -0.2) is 0 Å². The van der Waals surface area contributed by atoms with Crippen molar-refractivity contribution in [2.45, 2.75) is 25.4 Å². The van der Waals surface area contributed by atoms with Crippen molar-refractivity contribution in [1.82, 2.24) is 4.98 Å². The van der Waals surface area contributed by atoms with Crippen LogP contribution in [0.1, 0.15) is 28.8 Å². The van der Waals surface area contributed by atoms with Gasteiger partial charge in [-0.15, -0.1) is 0 Å². The largest absolute Gasteiger partial charge is 0.493 e. The molecule has 0 spiro atoms. The predicted molar refractivity (Wildman–Crippen MR) is 105 cm³/mol. The van der Waals surface area contributed by atoms with Crippen molar-refractivity contribution in [3.63, 3.8) is 0 Å². The van der Waals surface area contributed by atoms with Crippen LogP contribution in [0.2, 0.25) is 0 Å². The molecular weight excluding hydrogens is 358 g/mol. The lowest BCUT2D eigenvalue weighted by atomic mass is 10.1. The van der Waals surface area contributed by atoms with Crippen LogP contribution in [0, 0.1) is 0 Å². The predicted octanol–water partition coefficient (Wildman–Crippen LogP) is 2.98. The Balaban J connectivity index is 1.34. The average Bonchev–Trinajstić information content (AvgIpc) is 3.34. The Morgan fingerprint density at radius 2 is 2.04 bits per heavy atom. The molecule has 0 radical (unpaired) electrons.